The van der Waals surface area contributed by atoms with Crippen molar-refractivity contribution in [3.63, 3.8) is 0 Å². The summed E-state index contributed by atoms with van der Waals surface area (Å²) in [6.45, 7) is 3.85. The van der Waals surface area contributed by atoms with Crippen molar-refractivity contribution in [3.8, 4) is 0 Å². The molecule has 78 valence electrons. The van der Waals surface area contributed by atoms with E-state index in [0.29, 0.717) is 6.61 Å². The molecule has 0 saturated heterocycles. The maximum Gasteiger partial charge on any atom is 0.110 e. The summed E-state index contributed by atoms with van der Waals surface area (Å²) >= 11 is 0. The van der Waals surface area contributed by atoms with Gasteiger partial charge in [0, 0.05) is 25.6 Å². The Kier molecular flexibility index (Phi) is 2.61. The molecule has 1 aromatic rings. The van der Waals surface area contributed by atoms with Gasteiger partial charge in [-0.25, -0.2) is 0 Å². The zero-order valence-corrected chi connectivity index (χ0v) is 8.80. The van der Waals surface area contributed by atoms with Gasteiger partial charge in [0.25, 0.3) is 0 Å². The second-order valence-corrected chi connectivity index (χ2v) is 3.80. The van der Waals surface area contributed by atoms with Crippen molar-refractivity contribution in [2.75, 3.05) is 20.3 Å². The lowest BCUT2D eigenvalue weighted by Crippen LogP contribution is -2.49. The van der Waals surface area contributed by atoms with Crippen LogP contribution in [-0.2, 0) is 16.7 Å². The molecule has 0 aliphatic carbocycles. The van der Waals surface area contributed by atoms with Gasteiger partial charge in [-0.2, -0.15) is 0 Å². The van der Waals surface area contributed by atoms with E-state index in [4.69, 9.17) is 9.15 Å². The lowest BCUT2D eigenvalue weighted by atomic mass is 9.85. The van der Waals surface area contributed by atoms with Crippen molar-refractivity contribution in [3.05, 3.63) is 23.7 Å². The second-order valence-electron chi connectivity index (χ2n) is 3.80. The van der Waals surface area contributed by atoms with Gasteiger partial charge in [-0.05, 0) is 12.5 Å². The first-order valence-corrected chi connectivity index (χ1v) is 5.13. The Hall–Kier alpha value is -0.800. The molecule has 3 heteroatoms. The van der Waals surface area contributed by atoms with Crippen LogP contribution in [0.3, 0.4) is 0 Å². The molecule has 0 amide bonds. The van der Waals surface area contributed by atoms with E-state index in [1.165, 1.54) is 5.56 Å². The molecular formula is C11H17NO2. The summed E-state index contributed by atoms with van der Waals surface area (Å²) in [5.41, 5.74) is 1.24. The number of hydrogen-bond donors (Lipinski definition) is 1. The van der Waals surface area contributed by atoms with Gasteiger partial charge in [0.2, 0.25) is 0 Å². The van der Waals surface area contributed by atoms with Gasteiger partial charge in [0.1, 0.15) is 5.76 Å². The van der Waals surface area contributed by atoms with E-state index < -0.39 is 0 Å². The molecule has 2 rings (SSSR count). The highest BCUT2D eigenvalue weighted by Gasteiger charge is 2.36. The summed E-state index contributed by atoms with van der Waals surface area (Å²) in [6, 6.07) is 2.06. The average molecular weight is 195 g/mol. The van der Waals surface area contributed by atoms with Crippen molar-refractivity contribution >= 4 is 0 Å². The number of rotatable bonds is 3. The van der Waals surface area contributed by atoms with Crippen LogP contribution in [0.2, 0.25) is 0 Å². The van der Waals surface area contributed by atoms with Gasteiger partial charge in [0.05, 0.1) is 18.4 Å². The maximum atomic E-state index is 5.46. The third-order valence-corrected chi connectivity index (χ3v) is 3.07. The molecule has 0 saturated carbocycles. The predicted octanol–water partition coefficient (Wildman–Crippen LogP) is 1.68. The van der Waals surface area contributed by atoms with Gasteiger partial charge in [-0.15, -0.1) is 0 Å². The highest BCUT2D eigenvalue weighted by atomic mass is 16.5. The number of fused-ring (bicyclic) bond motifs is 1. The minimum atomic E-state index is -0.0324. The number of methoxy groups -OCH3 is 1. The Morgan fingerprint density at radius 3 is 3.21 bits per heavy atom. The van der Waals surface area contributed by atoms with E-state index in [1.807, 2.05) is 0 Å². The highest BCUT2D eigenvalue weighted by Crippen LogP contribution is 2.32. The van der Waals surface area contributed by atoms with Gasteiger partial charge < -0.3 is 14.5 Å². The summed E-state index contributed by atoms with van der Waals surface area (Å²) in [7, 11) is 1.74. The lowest BCUT2D eigenvalue weighted by Gasteiger charge is -2.36. The Morgan fingerprint density at radius 1 is 1.64 bits per heavy atom. The zero-order valence-electron chi connectivity index (χ0n) is 8.80. The number of nitrogens with one attached hydrogen (secondary N) is 1. The number of ether oxygens (including phenoxy) is 1. The highest BCUT2D eigenvalue weighted by molar-refractivity contribution is 5.30. The molecule has 1 atom stereocenters. The molecule has 1 aliphatic rings. The largest absolute Gasteiger partial charge is 0.469 e. The van der Waals surface area contributed by atoms with Crippen molar-refractivity contribution in [1.82, 2.24) is 5.32 Å². The van der Waals surface area contributed by atoms with Crippen molar-refractivity contribution in [2.24, 2.45) is 0 Å². The molecule has 0 spiro atoms. The molecule has 2 heterocycles. The Bertz CT molecular complexity index is 308. The third kappa shape index (κ3) is 1.37. The van der Waals surface area contributed by atoms with E-state index >= 15 is 0 Å². The summed E-state index contributed by atoms with van der Waals surface area (Å²) in [5, 5.41) is 3.54. The van der Waals surface area contributed by atoms with E-state index in [1.54, 1.807) is 13.4 Å². The molecule has 0 bridgehead atoms. The molecule has 3 nitrogen and oxygen atoms in total. The van der Waals surface area contributed by atoms with Crippen LogP contribution in [-0.4, -0.2) is 20.3 Å². The molecular weight excluding hydrogens is 178 g/mol. The summed E-state index contributed by atoms with van der Waals surface area (Å²) in [5.74, 6) is 1.11. The molecule has 1 N–H and O–H groups in total. The van der Waals surface area contributed by atoms with Crippen LogP contribution in [0.5, 0.6) is 0 Å². The fourth-order valence-corrected chi connectivity index (χ4v) is 2.26. The lowest BCUT2D eigenvalue weighted by molar-refractivity contribution is 0.0982. The Balaban J connectivity index is 2.36. The fraction of sp³-hybridized carbons (Fsp3) is 0.636. The van der Waals surface area contributed by atoms with Gasteiger partial charge in [-0.3, -0.25) is 0 Å². The molecule has 1 unspecified atom stereocenters. The summed E-state index contributed by atoms with van der Waals surface area (Å²) < 4.78 is 10.8. The predicted molar refractivity (Wildman–Crippen MR) is 54.3 cm³/mol. The van der Waals surface area contributed by atoms with Crippen LogP contribution in [0.25, 0.3) is 0 Å². The van der Waals surface area contributed by atoms with E-state index in [2.05, 4.69) is 18.3 Å². The quantitative estimate of drug-likeness (QED) is 0.796. The van der Waals surface area contributed by atoms with Crippen LogP contribution in [0.1, 0.15) is 24.7 Å². The normalized spacial score (nSPS) is 26.1. The summed E-state index contributed by atoms with van der Waals surface area (Å²) in [6.07, 6.45) is 3.78. The number of furan rings is 1. The van der Waals surface area contributed by atoms with Crippen LogP contribution in [0.4, 0.5) is 0 Å². The van der Waals surface area contributed by atoms with E-state index in [9.17, 15) is 0 Å². The van der Waals surface area contributed by atoms with Crippen LogP contribution >= 0.6 is 0 Å². The van der Waals surface area contributed by atoms with Crippen molar-refractivity contribution < 1.29 is 9.15 Å². The van der Waals surface area contributed by atoms with Crippen molar-refractivity contribution in [2.45, 2.75) is 25.3 Å². The first kappa shape index (κ1) is 9.74. The molecule has 0 fully saturated rings. The second kappa shape index (κ2) is 3.75. The monoisotopic (exact) mass is 195 g/mol. The molecule has 1 aliphatic heterocycles. The topological polar surface area (TPSA) is 34.4 Å². The maximum absolute atomic E-state index is 5.46. The van der Waals surface area contributed by atoms with Crippen LogP contribution < -0.4 is 5.32 Å². The zero-order chi connectivity index (χ0) is 10.0. The minimum absolute atomic E-state index is 0.0324. The summed E-state index contributed by atoms with van der Waals surface area (Å²) in [4.78, 5) is 0. The SMILES string of the molecule is CCC1(COC)NCCc2occc21. The van der Waals surface area contributed by atoms with E-state index in [0.717, 1.165) is 25.1 Å². The first-order valence-electron chi connectivity index (χ1n) is 5.13. The van der Waals surface area contributed by atoms with E-state index in [-0.39, 0.29) is 5.54 Å². The Morgan fingerprint density at radius 2 is 2.50 bits per heavy atom. The fourth-order valence-electron chi connectivity index (χ4n) is 2.26. The van der Waals surface area contributed by atoms with Gasteiger partial charge >= 0.3 is 0 Å². The van der Waals surface area contributed by atoms with Gasteiger partial charge in [-0.1, -0.05) is 6.92 Å². The third-order valence-electron chi connectivity index (χ3n) is 3.07. The van der Waals surface area contributed by atoms with Crippen LogP contribution in [0, 0.1) is 0 Å². The van der Waals surface area contributed by atoms with Gasteiger partial charge in [0.15, 0.2) is 0 Å². The number of hydrogen-bond acceptors (Lipinski definition) is 3. The smallest absolute Gasteiger partial charge is 0.110 e. The Labute approximate surface area is 84.4 Å². The molecule has 14 heavy (non-hydrogen) atoms. The molecule has 0 radical (unpaired) electrons. The van der Waals surface area contributed by atoms with Crippen molar-refractivity contribution in [1.29, 1.82) is 0 Å². The molecule has 0 aromatic carbocycles. The first-order chi connectivity index (χ1) is 6.82. The van der Waals surface area contributed by atoms with Crippen LogP contribution in [0.15, 0.2) is 16.7 Å². The molecule has 1 aromatic heterocycles. The standard InChI is InChI=1S/C11H17NO2/c1-3-11(8-13-2)9-5-7-14-10(9)4-6-12-11/h5,7,12H,3-4,6,8H2,1-2H3. The minimum Gasteiger partial charge on any atom is -0.469 e. The average Bonchev–Trinajstić information content (AvgIpc) is 2.67.